The van der Waals surface area contributed by atoms with Gasteiger partial charge < -0.3 is 0 Å². The normalized spacial score (nSPS) is 15.8. The molecule has 0 spiro atoms. The Morgan fingerprint density at radius 2 is 1.83 bits per heavy atom. The summed E-state index contributed by atoms with van der Waals surface area (Å²) >= 11 is 0. The van der Waals surface area contributed by atoms with Crippen LogP contribution in [0.3, 0.4) is 0 Å². The fourth-order valence-corrected chi connectivity index (χ4v) is 3.04. The maximum Gasteiger partial charge on any atom is 0.248 e. The lowest BCUT2D eigenvalue weighted by Gasteiger charge is -2.25. The molecule has 1 heterocycles. The molecule has 0 radical (unpaired) electrons. The molecule has 0 unspecified atom stereocenters. The molecule has 1 aliphatic carbocycles. The maximum absolute atomic E-state index is 12.7. The molecule has 116 valence electrons. The lowest BCUT2D eigenvalue weighted by molar-refractivity contribution is -0.125. The second-order valence-electron chi connectivity index (χ2n) is 5.91. The van der Waals surface area contributed by atoms with Crippen molar-refractivity contribution in [3.05, 3.63) is 42.5 Å². The highest BCUT2D eigenvalue weighted by molar-refractivity contribution is 5.98. The van der Waals surface area contributed by atoms with Crippen molar-refractivity contribution in [3.8, 4) is 17.3 Å². The Hall–Kier alpha value is -2.74. The molecule has 2 aromatic rings. The largest absolute Gasteiger partial charge is 0.297 e. The van der Waals surface area contributed by atoms with Crippen molar-refractivity contribution >= 4 is 11.7 Å². The summed E-state index contributed by atoms with van der Waals surface area (Å²) in [6.45, 7) is 0. The number of hydrogen-bond acceptors (Lipinski definition) is 4. The molecule has 1 aliphatic rings. The highest BCUT2D eigenvalue weighted by Gasteiger charge is 2.43. The third-order valence-electron chi connectivity index (χ3n) is 4.45. The number of anilines is 1. The second-order valence-corrected chi connectivity index (χ2v) is 5.91. The zero-order valence-electron chi connectivity index (χ0n) is 13.1. The van der Waals surface area contributed by atoms with Crippen molar-refractivity contribution in [2.75, 3.05) is 11.9 Å². The Morgan fingerprint density at radius 1 is 1.13 bits per heavy atom. The van der Waals surface area contributed by atoms with Crippen molar-refractivity contribution in [1.82, 2.24) is 10.2 Å². The van der Waals surface area contributed by atoms with Crippen LogP contribution in [0.1, 0.15) is 25.7 Å². The zero-order valence-corrected chi connectivity index (χ0v) is 13.1. The number of rotatable bonds is 3. The van der Waals surface area contributed by atoms with Crippen LogP contribution in [-0.4, -0.2) is 23.2 Å². The van der Waals surface area contributed by atoms with Gasteiger partial charge in [0.1, 0.15) is 5.41 Å². The summed E-state index contributed by atoms with van der Waals surface area (Å²) in [5.41, 5.74) is 0.838. The number of hydrogen-bond donors (Lipinski definition) is 0. The smallest absolute Gasteiger partial charge is 0.248 e. The number of nitrogens with zero attached hydrogens (tertiary/aromatic N) is 4. The van der Waals surface area contributed by atoms with Crippen molar-refractivity contribution in [2.24, 2.45) is 5.41 Å². The molecule has 1 saturated carbocycles. The highest BCUT2D eigenvalue weighted by atomic mass is 16.2. The standard InChI is InChI=1S/C18H18N4O/c1-22(17(23)18(13-19)11-5-6-12-18)16-10-9-15(20-21-16)14-7-3-2-4-8-14/h2-4,7-10H,5-6,11-12H2,1H3. The van der Waals surface area contributed by atoms with E-state index in [0.29, 0.717) is 18.7 Å². The first-order valence-electron chi connectivity index (χ1n) is 7.75. The fraction of sp³-hybridized carbons (Fsp3) is 0.333. The molecule has 5 heteroatoms. The van der Waals surface area contributed by atoms with E-state index in [1.54, 1.807) is 13.1 Å². The SMILES string of the molecule is CN(C(=O)C1(C#N)CCCC1)c1ccc(-c2ccccc2)nn1. The minimum absolute atomic E-state index is 0.181. The van der Waals surface area contributed by atoms with Crippen LogP contribution in [0.15, 0.2) is 42.5 Å². The molecule has 1 aromatic carbocycles. The molecular weight excluding hydrogens is 288 g/mol. The number of nitriles is 1. The molecule has 0 saturated heterocycles. The van der Waals surface area contributed by atoms with E-state index in [2.05, 4.69) is 16.3 Å². The molecule has 0 bridgehead atoms. The number of carbonyl (C=O) groups excluding carboxylic acids is 1. The van der Waals surface area contributed by atoms with Crippen LogP contribution < -0.4 is 4.90 Å². The van der Waals surface area contributed by atoms with Gasteiger partial charge in [-0.15, -0.1) is 10.2 Å². The minimum atomic E-state index is -0.894. The summed E-state index contributed by atoms with van der Waals surface area (Å²) in [6, 6.07) is 15.6. The summed E-state index contributed by atoms with van der Waals surface area (Å²) in [6.07, 6.45) is 3.10. The van der Waals surface area contributed by atoms with Gasteiger partial charge in [-0.1, -0.05) is 43.2 Å². The first-order chi connectivity index (χ1) is 11.2. The van der Waals surface area contributed by atoms with Crippen LogP contribution in [-0.2, 0) is 4.79 Å². The average molecular weight is 306 g/mol. The Morgan fingerprint density at radius 3 is 2.39 bits per heavy atom. The molecular formula is C18H18N4O. The Kier molecular flexibility index (Phi) is 4.07. The minimum Gasteiger partial charge on any atom is -0.297 e. The lowest BCUT2D eigenvalue weighted by atomic mass is 9.86. The monoisotopic (exact) mass is 306 g/mol. The van der Waals surface area contributed by atoms with Crippen LogP contribution in [0.5, 0.6) is 0 Å². The summed E-state index contributed by atoms with van der Waals surface area (Å²) < 4.78 is 0. The third-order valence-corrected chi connectivity index (χ3v) is 4.45. The summed E-state index contributed by atoms with van der Waals surface area (Å²) in [4.78, 5) is 14.1. The van der Waals surface area contributed by atoms with Gasteiger partial charge in [0, 0.05) is 12.6 Å². The second kappa shape index (κ2) is 6.17. The first kappa shape index (κ1) is 15.2. The van der Waals surface area contributed by atoms with E-state index in [9.17, 15) is 10.1 Å². The van der Waals surface area contributed by atoms with Crippen LogP contribution in [0, 0.1) is 16.7 Å². The molecule has 0 N–H and O–H groups in total. The quantitative estimate of drug-likeness (QED) is 0.873. The predicted octanol–water partition coefficient (Wildman–Crippen LogP) is 3.19. The van der Waals surface area contributed by atoms with Crippen molar-refractivity contribution < 1.29 is 4.79 Å². The van der Waals surface area contributed by atoms with E-state index in [4.69, 9.17) is 0 Å². The van der Waals surface area contributed by atoms with E-state index < -0.39 is 5.41 Å². The van der Waals surface area contributed by atoms with Gasteiger partial charge in [-0.3, -0.25) is 9.69 Å². The van der Waals surface area contributed by atoms with Gasteiger partial charge in [0.15, 0.2) is 5.82 Å². The van der Waals surface area contributed by atoms with Crippen LogP contribution in [0.25, 0.3) is 11.3 Å². The Labute approximate surface area is 135 Å². The number of carbonyl (C=O) groups is 1. The van der Waals surface area contributed by atoms with Crippen LogP contribution >= 0.6 is 0 Å². The molecule has 0 aliphatic heterocycles. The molecule has 5 nitrogen and oxygen atoms in total. The van der Waals surface area contributed by atoms with E-state index in [1.807, 2.05) is 36.4 Å². The van der Waals surface area contributed by atoms with Gasteiger partial charge in [0.05, 0.1) is 11.8 Å². The van der Waals surface area contributed by atoms with Crippen LogP contribution in [0.2, 0.25) is 0 Å². The Balaban J connectivity index is 1.82. The fourth-order valence-electron chi connectivity index (χ4n) is 3.04. The topological polar surface area (TPSA) is 69.9 Å². The molecule has 0 atom stereocenters. The van der Waals surface area contributed by atoms with E-state index in [0.717, 1.165) is 24.1 Å². The van der Waals surface area contributed by atoms with E-state index in [-0.39, 0.29) is 5.91 Å². The summed E-state index contributed by atoms with van der Waals surface area (Å²) in [5, 5.41) is 17.8. The molecule has 1 aromatic heterocycles. The van der Waals surface area contributed by atoms with Gasteiger partial charge in [-0.2, -0.15) is 5.26 Å². The van der Waals surface area contributed by atoms with Crippen molar-refractivity contribution in [3.63, 3.8) is 0 Å². The molecule has 3 rings (SSSR count). The number of benzene rings is 1. The maximum atomic E-state index is 12.7. The third kappa shape index (κ3) is 2.80. The van der Waals surface area contributed by atoms with E-state index in [1.165, 1.54) is 4.90 Å². The lowest BCUT2D eigenvalue weighted by Crippen LogP contribution is -2.40. The van der Waals surface area contributed by atoms with Crippen molar-refractivity contribution in [1.29, 1.82) is 5.26 Å². The summed E-state index contributed by atoms with van der Waals surface area (Å²) in [7, 11) is 1.66. The molecule has 1 fully saturated rings. The molecule has 23 heavy (non-hydrogen) atoms. The average Bonchev–Trinajstić information content (AvgIpc) is 3.12. The van der Waals surface area contributed by atoms with Gasteiger partial charge in [0.2, 0.25) is 5.91 Å². The zero-order chi connectivity index (χ0) is 16.3. The summed E-state index contributed by atoms with van der Waals surface area (Å²) in [5.74, 6) is 0.287. The number of aromatic nitrogens is 2. The predicted molar refractivity (Wildman–Crippen MR) is 87.4 cm³/mol. The van der Waals surface area contributed by atoms with Crippen molar-refractivity contribution in [2.45, 2.75) is 25.7 Å². The number of amides is 1. The Bertz CT molecular complexity index is 728. The van der Waals surface area contributed by atoms with Gasteiger partial charge >= 0.3 is 0 Å². The van der Waals surface area contributed by atoms with Gasteiger partial charge in [-0.05, 0) is 25.0 Å². The van der Waals surface area contributed by atoms with Gasteiger partial charge in [-0.25, -0.2) is 0 Å². The first-order valence-corrected chi connectivity index (χ1v) is 7.75. The van der Waals surface area contributed by atoms with Crippen LogP contribution in [0.4, 0.5) is 5.82 Å². The van der Waals surface area contributed by atoms with E-state index >= 15 is 0 Å². The molecule has 1 amide bonds. The highest BCUT2D eigenvalue weighted by Crippen LogP contribution is 2.39. The van der Waals surface area contributed by atoms with Gasteiger partial charge in [0.25, 0.3) is 0 Å².